The first-order valence-electron chi connectivity index (χ1n) is 11.5. The molecular formula is C29H25N3O4S. The summed E-state index contributed by atoms with van der Waals surface area (Å²) in [7, 11) is -4.71. The number of anilines is 2. The van der Waals surface area contributed by atoms with Crippen molar-refractivity contribution < 1.29 is 18.0 Å². The Morgan fingerprint density at radius 3 is 1.32 bits per heavy atom. The largest absolute Gasteiger partial charge is 0.344 e. The average Bonchev–Trinajstić information content (AvgIpc) is 2.90. The molecule has 0 radical (unpaired) electrons. The topological polar surface area (TPSA) is 95.6 Å². The molecule has 0 spiro atoms. The molecule has 0 heterocycles. The summed E-state index contributed by atoms with van der Waals surface area (Å²) in [6.07, 6.45) is 0. The highest BCUT2D eigenvalue weighted by Gasteiger charge is 2.39. The molecule has 4 aromatic rings. The number of amides is 4. The number of urea groups is 2. The molecule has 186 valence electrons. The lowest BCUT2D eigenvalue weighted by Crippen LogP contribution is -2.46. The van der Waals surface area contributed by atoms with Gasteiger partial charge >= 0.3 is 12.1 Å². The van der Waals surface area contributed by atoms with Gasteiger partial charge < -0.3 is 10.6 Å². The smallest absolute Gasteiger partial charge is 0.307 e. The molecule has 0 aromatic heterocycles. The quantitative estimate of drug-likeness (QED) is 0.283. The number of carbonyl (C=O) groups excluding carboxylic acids is 2. The first-order chi connectivity index (χ1) is 17.9. The van der Waals surface area contributed by atoms with Crippen molar-refractivity contribution in [3.05, 3.63) is 132 Å². The van der Waals surface area contributed by atoms with Gasteiger partial charge in [0.2, 0.25) is 0 Å². The van der Waals surface area contributed by atoms with Crippen LogP contribution >= 0.6 is 0 Å². The number of nitrogens with zero attached hydrogens (tertiary/aromatic N) is 1. The molecule has 0 unspecified atom stereocenters. The van der Waals surface area contributed by atoms with Gasteiger partial charge in [-0.1, -0.05) is 97.1 Å². The van der Waals surface area contributed by atoms with Crippen molar-refractivity contribution in [3.63, 3.8) is 0 Å². The molecule has 37 heavy (non-hydrogen) atoms. The maximum atomic E-state index is 14.3. The van der Waals surface area contributed by atoms with E-state index in [1.54, 1.807) is 122 Å². The summed E-state index contributed by atoms with van der Waals surface area (Å²) in [5.74, 6) is 0. The molecule has 0 bridgehead atoms. The van der Waals surface area contributed by atoms with Gasteiger partial charge in [-0.2, -0.15) is 0 Å². The van der Waals surface area contributed by atoms with E-state index >= 15 is 0 Å². The van der Waals surface area contributed by atoms with E-state index < -0.39 is 22.1 Å². The number of hydrogen-bond acceptors (Lipinski definition) is 4. The van der Waals surface area contributed by atoms with Crippen LogP contribution in [0.5, 0.6) is 0 Å². The zero-order valence-corrected chi connectivity index (χ0v) is 20.9. The van der Waals surface area contributed by atoms with Gasteiger partial charge in [0.15, 0.2) is 0 Å². The van der Waals surface area contributed by atoms with E-state index in [1.165, 1.54) is 0 Å². The van der Waals surface area contributed by atoms with Gasteiger partial charge in [0, 0.05) is 11.4 Å². The second-order valence-electron chi connectivity index (χ2n) is 8.05. The highest BCUT2D eigenvalue weighted by Crippen LogP contribution is 2.33. The molecule has 0 fully saturated rings. The van der Waals surface area contributed by atoms with Crippen LogP contribution in [0.4, 0.5) is 21.0 Å². The Morgan fingerprint density at radius 2 is 0.919 bits per heavy atom. The second-order valence-corrected chi connectivity index (χ2v) is 9.77. The van der Waals surface area contributed by atoms with Gasteiger partial charge in [-0.3, -0.25) is 0 Å². The third kappa shape index (κ3) is 5.94. The van der Waals surface area contributed by atoms with Gasteiger partial charge in [0.25, 0.3) is 10.0 Å². The lowest BCUT2D eigenvalue weighted by molar-refractivity contribution is 0.223. The number of nitrogens with one attached hydrogen (secondary N) is 2. The molecule has 4 amide bonds. The number of sulfonamides is 1. The highest BCUT2D eigenvalue weighted by atomic mass is 32.2. The summed E-state index contributed by atoms with van der Waals surface area (Å²) in [5, 5.41) is 5.05. The number of hydrogen-bond donors (Lipinski definition) is 2. The van der Waals surface area contributed by atoms with Crippen LogP contribution in [0, 0.1) is 0 Å². The van der Waals surface area contributed by atoms with Crippen LogP contribution in [-0.4, -0.2) is 24.8 Å². The van der Waals surface area contributed by atoms with Crippen LogP contribution in [0.2, 0.25) is 0 Å². The molecular weight excluding hydrogens is 486 g/mol. The van der Waals surface area contributed by atoms with Crippen LogP contribution in [0.25, 0.3) is 10.5 Å². The van der Waals surface area contributed by atoms with Crippen LogP contribution in [0.3, 0.4) is 0 Å². The van der Waals surface area contributed by atoms with E-state index in [2.05, 4.69) is 10.6 Å². The molecule has 0 atom stereocenters. The maximum Gasteiger partial charge on any atom is 0.344 e. The lowest BCUT2D eigenvalue weighted by atomic mass is 10.0. The Hall–Kier alpha value is -4.69. The molecule has 0 aliphatic heterocycles. The van der Waals surface area contributed by atoms with E-state index in [9.17, 15) is 18.0 Å². The predicted molar refractivity (Wildman–Crippen MR) is 147 cm³/mol. The second kappa shape index (κ2) is 11.4. The molecule has 0 saturated carbocycles. The highest BCUT2D eigenvalue weighted by molar-refractivity contribution is 7.99. The number of rotatable bonds is 6. The maximum absolute atomic E-state index is 14.3. The third-order valence-electron chi connectivity index (χ3n) is 5.50. The zero-order chi connectivity index (χ0) is 26.3. The van der Waals surface area contributed by atoms with Crippen LogP contribution < -0.4 is 10.6 Å². The van der Waals surface area contributed by atoms with Gasteiger partial charge in [0.05, 0.1) is 4.91 Å². The Morgan fingerprint density at radius 1 is 0.568 bits per heavy atom. The van der Waals surface area contributed by atoms with Crippen molar-refractivity contribution in [1.29, 1.82) is 0 Å². The Labute approximate surface area is 216 Å². The van der Waals surface area contributed by atoms with E-state index in [-0.39, 0.29) is 9.21 Å². The van der Waals surface area contributed by atoms with Crippen molar-refractivity contribution >= 4 is 43.9 Å². The predicted octanol–water partition coefficient (Wildman–Crippen LogP) is 6.67. The van der Waals surface area contributed by atoms with Crippen molar-refractivity contribution in [3.8, 4) is 0 Å². The molecule has 0 saturated heterocycles. The summed E-state index contributed by atoms with van der Waals surface area (Å²) in [4.78, 5) is 26.7. The van der Waals surface area contributed by atoms with Gasteiger partial charge in [-0.05, 0) is 47.9 Å². The van der Waals surface area contributed by atoms with Crippen molar-refractivity contribution in [1.82, 2.24) is 4.31 Å². The van der Waals surface area contributed by atoms with Crippen LogP contribution in [0.15, 0.2) is 121 Å². The normalized spacial score (nSPS) is 11.7. The summed E-state index contributed by atoms with van der Waals surface area (Å²) in [6.45, 7) is 1.65. The van der Waals surface area contributed by atoms with Crippen LogP contribution in [0.1, 0.15) is 18.1 Å². The minimum atomic E-state index is -4.71. The molecule has 0 aliphatic carbocycles. The van der Waals surface area contributed by atoms with Crippen LogP contribution in [-0.2, 0) is 10.0 Å². The molecule has 8 heteroatoms. The summed E-state index contributed by atoms with van der Waals surface area (Å²) >= 11 is 0. The van der Waals surface area contributed by atoms with Crippen molar-refractivity contribution in [2.45, 2.75) is 6.92 Å². The van der Waals surface area contributed by atoms with Gasteiger partial charge in [-0.15, -0.1) is 4.31 Å². The fourth-order valence-corrected chi connectivity index (χ4v) is 5.41. The fraction of sp³-hybridized carbons (Fsp3) is 0.0345. The molecule has 4 aromatic carbocycles. The molecule has 0 aliphatic rings. The molecule has 2 N–H and O–H groups in total. The van der Waals surface area contributed by atoms with Crippen molar-refractivity contribution in [2.24, 2.45) is 0 Å². The summed E-state index contributed by atoms with van der Waals surface area (Å²) in [6, 6.07) is 31.8. The lowest BCUT2D eigenvalue weighted by Gasteiger charge is -2.24. The van der Waals surface area contributed by atoms with Gasteiger partial charge in [0.1, 0.15) is 0 Å². The molecule has 7 nitrogen and oxygen atoms in total. The van der Waals surface area contributed by atoms with Gasteiger partial charge in [-0.25, -0.2) is 18.0 Å². The first-order valence-corrected chi connectivity index (χ1v) is 12.9. The monoisotopic (exact) mass is 511 g/mol. The summed E-state index contributed by atoms with van der Waals surface area (Å²) in [5.41, 5.74) is 2.04. The third-order valence-corrected chi connectivity index (χ3v) is 7.37. The number of carbonyl (C=O) groups is 2. The zero-order valence-electron chi connectivity index (χ0n) is 20.0. The number of para-hydroxylation sites is 2. The average molecular weight is 512 g/mol. The Kier molecular flexibility index (Phi) is 7.80. The SMILES string of the molecule is C/C(=C(/c1ccccc1)S(=O)(=O)N(C(=O)Nc1ccccc1)C(=O)Nc1ccccc1)c1ccccc1. The standard InChI is InChI=1S/C29H25N3O4S/c1-22(23-14-6-2-7-15-23)27(24-16-8-3-9-17-24)37(35,36)32(28(33)30-25-18-10-4-11-19-25)29(34)31-26-20-12-5-13-21-26/h2-21H,1H3,(H,30,33)(H,31,34)/b27-22+. The summed E-state index contributed by atoms with van der Waals surface area (Å²) < 4.78 is 28.7. The Balaban J connectivity index is 1.86. The minimum Gasteiger partial charge on any atom is -0.307 e. The number of benzene rings is 4. The first kappa shape index (κ1) is 25.4. The molecule has 4 rings (SSSR count). The number of imide groups is 1. The van der Waals surface area contributed by atoms with E-state index in [0.717, 1.165) is 0 Å². The van der Waals surface area contributed by atoms with Crippen molar-refractivity contribution in [2.75, 3.05) is 10.6 Å². The Bertz CT molecular complexity index is 1450. The van der Waals surface area contributed by atoms with E-state index in [0.29, 0.717) is 28.1 Å². The minimum absolute atomic E-state index is 0.161. The van der Waals surface area contributed by atoms with E-state index in [4.69, 9.17) is 0 Å². The fourth-order valence-electron chi connectivity index (χ4n) is 3.76. The number of allylic oxidation sites excluding steroid dienone is 1. The van der Waals surface area contributed by atoms with E-state index in [1.807, 2.05) is 6.07 Å².